The Bertz CT molecular complexity index is 1160. The highest BCUT2D eigenvalue weighted by molar-refractivity contribution is 6.10. The third-order valence-electron chi connectivity index (χ3n) is 4.64. The molecule has 1 N–H and O–H groups in total. The lowest BCUT2D eigenvalue weighted by atomic mass is 9.99. The number of H-pyrrole nitrogens is 1. The number of nitrogens with one attached hydrogen (secondary N) is 1. The molecule has 4 nitrogen and oxygen atoms in total. The molecule has 0 saturated carbocycles. The maximum absolute atomic E-state index is 13.3. The largest absolute Gasteiger partial charge is 0.446 e. The maximum atomic E-state index is 13.3. The summed E-state index contributed by atoms with van der Waals surface area (Å²) in [4.78, 5) is 28.9. The first-order valence-electron chi connectivity index (χ1n) is 9.31. The van der Waals surface area contributed by atoms with Gasteiger partial charge in [0, 0.05) is 34.3 Å². The van der Waals surface area contributed by atoms with E-state index < -0.39 is 12.1 Å². The van der Waals surface area contributed by atoms with E-state index in [0.717, 1.165) is 16.5 Å². The van der Waals surface area contributed by atoms with Gasteiger partial charge in [-0.05, 0) is 17.7 Å². The van der Waals surface area contributed by atoms with Gasteiger partial charge in [-0.1, -0.05) is 78.9 Å². The van der Waals surface area contributed by atoms with E-state index in [0.29, 0.717) is 11.1 Å². The van der Waals surface area contributed by atoms with Crippen molar-refractivity contribution < 1.29 is 14.3 Å². The summed E-state index contributed by atoms with van der Waals surface area (Å²) in [5, 5.41) is 0.800. The Morgan fingerprint density at radius 2 is 1.48 bits per heavy atom. The van der Waals surface area contributed by atoms with E-state index in [1.54, 1.807) is 24.4 Å². The monoisotopic (exact) mass is 381 g/mol. The van der Waals surface area contributed by atoms with E-state index in [-0.39, 0.29) is 5.78 Å². The molecule has 4 rings (SSSR count). The normalized spacial score (nSPS) is 12.1. The van der Waals surface area contributed by atoms with Crippen molar-refractivity contribution >= 4 is 28.7 Å². The fraction of sp³-hybridized carbons (Fsp3) is 0.0400. The molecule has 0 amide bonds. The van der Waals surface area contributed by atoms with E-state index >= 15 is 0 Å². The molecule has 0 aliphatic carbocycles. The van der Waals surface area contributed by atoms with Crippen molar-refractivity contribution in [1.29, 1.82) is 0 Å². The summed E-state index contributed by atoms with van der Waals surface area (Å²) in [5.74, 6) is -0.842. The van der Waals surface area contributed by atoms with Gasteiger partial charge in [-0.25, -0.2) is 4.79 Å². The Morgan fingerprint density at radius 1 is 0.828 bits per heavy atom. The number of aromatic nitrogens is 1. The minimum atomic E-state index is -1.02. The number of ketones is 1. The van der Waals surface area contributed by atoms with Gasteiger partial charge in [-0.3, -0.25) is 4.79 Å². The second-order valence-corrected chi connectivity index (χ2v) is 6.58. The number of ether oxygens (including phenoxy) is 1. The molecule has 4 aromatic rings. The molecule has 1 atom stereocenters. The van der Waals surface area contributed by atoms with E-state index in [1.807, 2.05) is 72.8 Å². The van der Waals surface area contributed by atoms with Crippen LogP contribution in [0.15, 0.2) is 97.2 Å². The zero-order valence-corrected chi connectivity index (χ0v) is 15.6. The van der Waals surface area contributed by atoms with Gasteiger partial charge in [-0.2, -0.15) is 0 Å². The second-order valence-electron chi connectivity index (χ2n) is 6.58. The van der Waals surface area contributed by atoms with Crippen molar-refractivity contribution in [3.63, 3.8) is 0 Å². The maximum Gasteiger partial charge on any atom is 0.331 e. The van der Waals surface area contributed by atoms with Crippen LogP contribution in [0.3, 0.4) is 0 Å². The molecule has 142 valence electrons. The topological polar surface area (TPSA) is 59.2 Å². The van der Waals surface area contributed by atoms with Crippen LogP contribution >= 0.6 is 0 Å². The second kappa shape index (κ2) is 8.40. The molecule has 0 aliphatic rings. The summed E-state index contributed by atoms with van der Waals surface area (Å²) in [5.41, 5.74) is 2.86. The number of para-hydroxylation sites is 1. The summed E-state index contributed by atoms with van der Waals surface area (Å²) in [6, 6.07) is 26.1. The van der Waals surface area contributed by atoms with Gasteiger partial charge in [0.25, 0.3) is 0 Å². The van der Waals surface area contributed by atoms with Gasteiger partial charge in [0.05, 0.1) is 0 Å². The lowest BCUT2D eigenvalue weighted by Crippen LogP contribution is -2.19. The molecule has 3 aromatic carbocycles. The van der Waals surface area contributed by atoms with Crippen LogP contribution in [-0.4, -0.2) is 16.7 Å². The van der Waals surface area contributed by atoms with Crippen LogP contribution in [0, 0.1) is 0 Å². The zero-order chi connectivity index (χ0) is 20.1. The molecule has 0 radical (unpaired) electrons. The Labute approximate surface area is 168 Å². The number of Topliss-reactive ketones (excluding diaryl/α,β-unsaturated/α-hetero) is 1. The van der Waals surface area contributed by atoms with Gasteiger partial charge in [-0.15, -0.1) is 0 Å². The van der Waals surface area contributed by atoms with Crippen LogP contribution in [0.5, 0.6) is 0 Å². The SMILES string of the molecule is O=C(/C=C/c1ccccc1)OC(C(=O)c1c[nH]c2ccccc12)c1ccccc1. The molecule has 0 bridgehead atoms. The fourth-order valence-corrected chi connectivity index (χ4v) is 3.20. The van der Waals surface area contributed by atoms with E-state index in [1.165, 1.54) is 6.08 Å². The molecule has 0 saturated heterocycles. The average molecular weight is 381 g/mol. The first kappa shape index (κ1) is 18.4. The Kier molecular flexibility index (Phi) is 5.34. The average Bonchev–Trinajstić information content (AvgIpc) is 3.21. The van der Waals surface area contributed by atoms with Gasteiger partial charge in [0.2, 0.25) is 5.78 Å². The molecule has 0 aliphatic heterocycles. The number of carbonyl (C=O) groups excluding carboxylic acids is 2. The first-order chi connectivity index (χ1) is 14.2. The smallest absolute Gasteiger partial charge is 0.331 e. The third kappa shape index (κ3) is 4.17. The van der Waals surface area contributed by atoms with Crippen LogP contribution in [0.25, 0.3) is 17.0 Å². The highest BCUT2D eigenvalue weighted by atomic mass is 16.5. The summed E-state index contributed by atoms with van der Waals surface area (Å²) in [6.45, 7) is 0. The van der Waals surface area contributed by atoms with Crippen LogP contribution in [-0.2, 0) is 9.53 Å². The standard InChI is InChI=1S/C25H19NO3/c27-23(16-15-18-9-3-1-4-10-18)29-25(19-11-5-2-6-12-19)24(28)21-17-26-22-14-8-7-13-20(21)22/h1-17,25-26H/b16-15+. The molecule has 1 heterocycles. The van der Waals surface area contributed by atoms with Crippen molar-refractivity contribution in [2.24, 2.45) is 0 Å². The number of benzene rings is 3. The van der Waals surface area contributed by atoms with Crippen LogP contribution < -0.4 is 0 Å². The van der Waals surface area contributed by atoms with Crippen molar-refractivity contribution in [3.05, 3.63) is 114 Å². The van der Waals surface area contributed by atoms with Crippen LogP contribution in [0.1, 0.15) is 27.6 Å². The molecule has 0 fully saturated rings. The summed E-state index contributed by atoms with van der Waals surface area (Å²) < 4.78 is 5.60. The molecular formula is C25H19NO3. The lowest BCUT2D eigenvalue weighted by molar-refractivity contribution is -0.141. The predicted molar refractivity (Wildman–Crippen MR) is 113 cm³/mol. The van der Waals surface area contributed by atoms with Crippen LogP contribution in [0.4, 0.5) is 0 Å². The number of aromatic amines is 1. The number of hydrogen-bond donors (Lipinski definition) is 1. The molecule has 4 heteroatoms. The Balaban J connectivity index is 1.63. The first-order valence-corrected chi connectivity index (χ1v) is 9.31. The minimum Gasteiger partial charge on any atom is -0.446 e. The highest BCUT2D eigenvalue weighted by Gasteiger charge is 2.27. The summed E-state index contributed by atoms with van der Waals surface area (Å²) in [7, 11) is 0. The molecule has 1 aromatic heterocycles. The quantitative estimate of drug-likeness (QED) is 0.278. The molecule has 29 heavy (non-hydrogen) atoms. The number of fused-ring (bicyclic) bond motifs is 1. The van der Waals surface area contributed by atoms with Crippen molar-refractivity contribution in [1.82, 2.24) is 4.98 Å². The fourth-order valence-electron chi connectivity index (χ4n) is 3.20. The summed E-state index contributed by atoms with van der Waals surface area (Å²) in [6.07, 6.45) is 3.65. The molecule has 1 unspecified atom stereocenters. The van der Waals surface area contributed by atoms with E-state index in [4.69, 9.17) is 4.74 Å². The van der Waals surface area contributed by atoms with Gasteiger partial charge in [0.1, 0.15) is 0 Å². The summed E-state index contributed by atoms with van der Waals surface area (Å²) >= 11 is 0. The predicted octanol–water partition coefficient (Wildman–Crippen LogP) is 5.35. The highest BCUT2D eigenvalue weighted by Crippen LogP contribution is 2.27. The number of rotatable bonds is 6. The lowest BCUT2D eigenvalue weighted by Gasteiger charge is -2.16. The molecular weight excluding hydrogens is 362 g/mol. The van der Waals surface area contributed by atoms with Crippen molar-refractivity contribution in [3.8, 4) is 0 Å². The Hall–Kier alpha value is -3.92. The van der Waals surface area contributed by atoms with E-state index in [2.05, 4.69) is 4.98 Å². The van der Waals surface area contributed by atoms with Gasteiger partial charge < -0.3 is 9.72 Å². The number of esters is 1. The van der Waals surface area contributed by atoms with Crippen molar-refractivity contribution in [2.45, 2.75) is 6.10 Å². The van der Waals surface area contributed by atoms with Gasteiger partial charge >= 0.3 is 5.97 Å². The zero-order valence-electron chi connectivity index (χ0n) is 15.6. The Morgan fingerprint density at radius 3 is 2.24 bits per heavy atom. The molecule has 0 spiro atoms. The van der Waals surface area contributed by atoms with Crippen LogP contribution in [0.2, 0.25) is 0 Å². The number of carbonyl (C=O) groups is 2. The number of hydrogen-bond acceptors (Lipinski definition) is 3. The van der Waals surface area contributed by atoms with Gasteiger partial charge in [0.15, 0.2) is 6.10 Å². The van der Waals surface area contributed by atoms with Crippen molar-refractivity contribution in [2.75, 3.05) is 0 Å². The minimum absolute atomic E-state index is 0.268. The van der Waals surface area contributed by atoms with E-state index in [9.17, 15) is 9.59 Å². The third-order valence-corrected chi connectivity index (χ3v) is 4.64.